The van der Waals surface area contributed by atoms with Gasteiger partial charge >= 0.3 is 0 Å². The third-order valence-corrected chi connectivity index (χ3v) is 7.15. The van der Waals surface area contributed by atoms with Crippen molar-refractivity contribution in [3.8, 4) is 5.75 Å². The van der Waals surface area contributed by atoms with Crippen molar-refractivity contribution < 1.29 is 17.9 Å². The van der Waals surface area contributed by atoms with Crippen molar-refractivity contribution in [2.45, 2.75) is 25.4 Å². The Balaban J connectivity index is 1.40. The molecule has 0 radical (unpaired) electrons. The van der Waals surface area contributed by atoms with Crippen LogP contribution in [0.2, 0.25) is 5.02 Å². The number of para-hydroxylation sites is 1. The first kappa shape index (κ1) is 19.9. The normalized spacial score (nSPS) is 23.0. The minimum Gasteiger partial charge on any atom is -0.491 e. The monoisotopic (exact) mass is 402 g/mol. The van der Waals surface area contributed by atoms with Gasteiger partial charge in [-0.05, 0) is 31.4 Å². The molecule has 146 valence electrons. The zero-order valence-electron chi connectivity index (χ0n) is 15.0. The number of nitrogens with zero attached hydrogens (tertiary/aromatic N) is 2. The SMILES string of the molecule is O=S(=O)(CC1CCCCO1)N1CCN(CCOc2ccccc2Cl)CC1. The third kappa shape index (κ3) is 5.57. The molecule has 1 atom stereocenters. The van der Waals surface area contributed by atoms with E-state index in [2.05, 4.69) is 4.90 Å². The van der Waals surface area contributed by atoms with Gasteiger partial charge in [0, 0.05) is 39.3 Å². The van der Waals surface area contributed by atoms with E-state index in [9.17, 15) is 8.42 Å². The number of hydrogen-bond acceptors (Lipinski definition) is 5. The minimum atomic E-state index is -3.24. The highest BCUT2D eigenvalue weighted by molar-refractivity contribution is 7.89. The van der Waals surface area contributed by atoms with E-state index in [0.29, 0.717) is 37.1 Å². The summed E-state index contributed by atoms with van der Waals surface area (Å²) in [6.07, 6.45) is 2.79. The Morgan fingerprint density at radius 3 is 2.62 bits per heavy atom. The molecule has 0 amide bonds. The summed E-state index contributed by atoms with van der Waals surface area (Å²) in [7, 11) is -3.24. The van der Waals surface area contributed by atoms with Crippen LogP contribution in [0.5, 0.6) is 5.75 Å². The fourth-order valence-corrected chi connectivity index (χ4v) is 5.21. The van der Waals surface area contributed by atoms with Crippen LogP contribution < -0.4 is 4.74 Å². The molecule has 2 heterocycles. The molecular weight excluding hydrogens is 376 g/mol. The average molecular weight is 403 g/mol. The molecule has 2 saturated heterocycles. The standard InChI is InChI=1S/C18H27ClN2O4S/c19-17-6-1-2-7-18(17)25-14-12-20-8-10-21(11-9-20)26(22,23)15-16-5-3-4-13-24-16/h1-2,6-7,16H,3-5,8-15H2. The van der Waals surface area contributed by atoms with Crippen molar-refractivity contribution in [1.29, 1.82) is 0 Å². The Bertz CT molecular complexity index is 672. The predicted octanol–water partition coefficient (Wildman–Crippen LogP) is 2.24. The van der Waals surface area contributed by atoms with Crippen LogP contribution in [0, 0.1) is 0 Å². The molecule has 1 aromatic rings. The van der Waals surface area contributed by atoms with Crippen molar-refractivity contribution in [1.82, 2.24) is 9.21 Å². The van der Waals surface area contributed by atoms with E-state index in [1.54, 1.807) is 10.4 Å². The molecule has 0 saturated carbocycles. The second-order valence-corrected chi connectivity index (χ2v) is 9.21. The molecule has 0 aromatic heterocycles. The Labute approximate surface area is 161 Å². The smallest absolute Gasteiger partial charge is 0.216 e. The van der Waals surface area contributed by atoms with Crippen LogP contribution in [-0.4, -0.2) is 75.4 Å². The number of rotatable bonds is 7. The van der Waals surface area contributed by atoms with Gasteiger partial charge in [0.05, 0.1) is 16.9 Å². The lowest BCUT2D eigenvalue weighted by Crippen LogP contribution is -2.51. The molecule has 6 nitrogen and oxygen atoms in total. The largest absolute Gasteiger partial charge is 0.491 e. The Morgan fingerprint density at radius 1 is 1.15 bits per heavy atom. The van der Waals surface area contributed by atoms with Crippen molar-refractivity contribution in [2.24, 2.45) is 0 Å². The summed E-state index contributed by atoms with van der Waals surface area (Å²) >= 11 is 6.07. The van der Waals surface area contributed by atoms with E-state index in [4.69, 9.17) is 21.1 Å². The maximum absolute atomic E-state index is 12.6. The van der Waals surface area contributed by atoms with E-state index < -0.39 is 10.0 Å². The first-order valence-corrected chi connectivity index (χ1v) is 11.2. The second-order valence-electron chi connectivity index (χ2n) is 6.79. The van der Waals surface area contributed by atoms with Crippen LogP contribution >= 0.6 is 11.6 Å². The first-order chi connectivity index (χ1) is 12.5. The highest BCUT2D eigenvalue weighted by atomic mass is 35.5. The van der Waals surface area contributed by atoms with Crippen molar-refractivity contribution in [2.75, 3.05) is 51.7 Å². The molecule has 3 rings (SSSR count). The average Bonchev–Trinajstić information content (AvgIpc) is 2.64. The fourth-order valence-electron chi connectivity index (χ4n) is 3.36. The number of halogens is 1. The summed E-state index contributed by atoms with van der Waals surface area (Å²) in [5.41, 5.74) is 0. The molecule has 2 aliphatic heterocycles. The zero-order chi connectivity index (χ0) is 18.4. The van der Waals surface area contributed by atoms with E-state index in [1.165, 1.54) is 0 Å². The predicted molar refractivity (Wildman–Crippen MR) is 102 cm³/mol. The molecule has 0 N–H and O–H groups in total. The summed E-state index contributed by atoms with van der Waals surface area (Å²) in [5.74, 6) is 0.797. The third-order valence-electron chi connectivity index (χ3n) is 4.90. The van der Waals surface area contributed by atoms with Gasteiger partial charge in [-0.3, -0.25) is 4.90 Å². The van der Waals surface area contributed by atoms with Crippen molar-refractivity contribution >= 4 is 21.6 Å². The quantitative estimate of drug-likeness (QED) is 0.700. The van der Waals surface area contributed by atoms with Gasteiger partial charge in [-0.25, -0.2) is 8.42 Å². The topological polar surface area (TPSA) is 59.1 Å². The van der Waals surface area contributed by atoms with Gasteiger partial charge in [-0.1, -0.05) is 23.7 Å². The highest BCUT2D eigenvalue weighted by Gasteiger charge is 2.30. The summed E-state index contributed by atoms with van der Waals surface area (Å²) in [6.45, 7) is 4.46. The van der Waals surface area contributed by atoms with Gasteiger partial charge in [0.25, 0.3) is 0 Å². The second kappa shape index (κ2) is 9.37. The van der Waals surface area contributed by atoms with Crippen LogP contribution in [0.3, 0.4) is 0 Å². The van der Waals surface area contributed by atoms with Crippen molar-refractivity contribution in [3.63, 3.8) is 0 Å². The molecule has 0 bridgehead atoms. The summed E-state index contributed by atoms with van der Waals surface area (Å²) in [4.78, 5) is 2.22. The van der Waals surface area contributed by atoms with Gasteiger partial charge in [-0.2, -0.15) is 4.31 Å². The Kier molecular flexibility index (Phi) is 7.17. The lowest BCUT2D eigenvalue weighted by Gasteiger charge is -2.35. The fraction of sp³-hybridized carbons (Fsp3) is 0.667. The van der Waals surface area contributed by atoms with Crippen LogP contribution in [-0.2, 0) is 14.8 Å². The van der Waals surface area contributed by atoms with Gasteiger partial charge < -0.3 is 9.47 Å². The number of sulfonamides is 1. The van der Waals surface area contributed by atoms with Crippen LogP contribution in [0.4, 0.5) is 0 Å². The number of hydrogen-bond donors (Lipinski definition) is 0. The number of piperazine rings is 1. The zero-order valence-corrected chi connectivity index (χ0v) is 16.6. The number of ether oxygens (including phenoxy) is 2. The summed E-state index contributed by atoms with van der Waals surface area (Å²) < 4.78 is 38.1. The molecule has 0 spiro atoms. The van der Waals surface area contributed by atoms with E-state index >= 15 is 0 Å². The molecule has 0 aliphatic carbocycles. The lowest BCUT2D eigenvalue weighted by atomic mass is 10.1. The molecule has 8 heteroatoms. The molecule has 2 fully saturated rings. The maximum atomic E-state index is 12.6. The molecule has 26 heavy (non-hydrogen) atoms. The van der Waals surface area contributed by atoms with Gasteiger partial charge in [0.15, 0.2) is 0 Å². The van der Waals surface area contributed by atoms with Gasteiger partial charge in [0.2, 0.25) is 10.0 Å². The van der Waals surface area contributed by atoms with Crippen LogP contribution in [0.15, 0.2) is 24.3 Å². The minimum absolute atomic E-state index is 0.114. The van der Waals surface area contributed by atoms with E-state index in [-0.39, 0.29) is 11.9 Å². The first-order valence-electron chi connectivity index (χ1n) is 9.24. The highest BCUT2D eigenvalue weighted by Crippen LogP contribution is 2.23. The maximum Gasteiger partial charge on any atom is 0.216 e. The van der Waals surface area contributed by atoms with Crippen LogP contribution in [0.1, 0.15) is 19.3 Å². The number of benzene rings is 1. The van der Waals surface area contributed by atoms with E-state index in [0.717, 1.165) is 38.9 Å². The molecule has 2 aliphatic rings. The molecule has 1 unspecified atom stereocenters. The molecular formula is C18H27ClN2O4S. The van der Waals surface area contributed by atoms with Gasteiger partial charge in [-0.15, -0.1) is 0 Å². The van der Waals surface area contributed by atoms with E-state index in [1.807, 2.05) is 18.2 Å². The van der Waals surface area contributed by atoms with Crippen LogP contribution in [0.25, 0.3) is 0 Å². The Hall–Kier alpha value is -0.860. The molecule has 1 aromatic carbocycles. The van der Waals surface area contributed by atoms with Crippen molar-refractivity contribution in [3.05, 3.63) is 29.3 Å². The summed E-state index contributed by atoms with van der Waals surface area (Å²) in [6, 6.07) is 7.41. The lowest BCUT2D eigenvalue weighted by molar-refractivity contribution is 0.0296. The Morgan fingerprint density at radius 2 is 1.92 bits per heavy atom. The summed E-state index contributed by atoms with van der Waals surface area (Å²) in [5, 5.41) is 0.605. The van der Waals surface area contributed by atoms with Gasteiger partial charge in [0.1, 0.15) is 12.4 Å².